The Bertz CT molecular complexity index is 668. The summed E-state index contributed by atoms with van der Waals surface area (Å²) in [6.45, 7) is 2.70. The smallest absolute Gasteiger partial charge is 0.243 e. The molecule has 1 saturated heterocycles. The summed E-state index contributed by atoms with van der Waals surface area (Å²) < 4.78 is 39.8. The first-order valence-electron chi connectivity index (χ1n) is 8.54. The van der Waals surface area contributed by atoms with Gasteiger partial charge >= 0.3 is 0 Å². The van der Waals surface area contributed by atoms with Gasteiger partial charge in [0.05, 0.1) is 4.90 Å². The van der Waals surface area contributed by atoms with Gasteiger partial charge in [-0.25, -0.2) is 12.8 Å². The van der Waals surface area contributed by atoms with Crippen molar-refractivity contribution >= 4 is 10.0 Å². The fourth-order valence-electron chi connectivity index (χ4n) is 4.69. The summed E-state index contributed by atoms with van der Waals surface area (Å²) in [6, 6.07) is 5.79. The van der Waals surface area contributed by atoms with Crippen LogP contribution in [0.5, 0.6) is 0 Å². The topological polar surface area (TPSA) is 40.6 Å². The van der Waals surface area contributed by atoms with Crippen molar-refractivity contribution in [2.45, 2.75) is 36.6 Å². The Kier molecular flexibility index (Phi) is 3.94. The molecule has 1 aromatic rings. The van der Waals surface area contributed by atoms with Gasteiger partial charge in [-0.1, -0.05) is 6.42 Å². The van der Waals surface area contributed by atoms with Crippen LogP contribution in [0.3, 0.4) is 0 Å². The highest BCUT2D eigenvalue weighted by Gasteiger charge is 2.43. The molecule has 126 valence electrons. The third-order valence-corrected chi connectivity index (χ3v) is 7.81. The minimum Gasteiger partial charge on any atom is -0.297 e. The fourth-order valence-corrected chi connectivity index (χ4v) is 6.11. The molecule has 4 nitrogen and oxygen atoms in total. The first-order chi connectivity index (χ1) is 11.0. The minimum atomic E-state index is -3.50. The van der Waals surface area contributed by atoms with Crippen molar-refractivity contribution in [1.29, 1.82) is 0 Å². The number of rotatable bonds is 3. The van der Waals surface area contributed by atoms with Crippen LogP contribution in [0, 0.1) is 17.7 Å². The Morgan fingerprint density at radius 2 is 1.65 bits per heavy atom. The molecule has 3 atom stereocenters. The number of halogens is 1. The highest BCUT2D eigenvalue weighted by molar-refractivity contribution is 7.89. The lowest BCUT2D eigenvalue weighted by molar-refractivity contribution is 0.101. The SMILES string of the molecule is O=S(=O)(c1ccc(F)cc1)N1CCN(C2CC3CCC2C3)CC1. The summed E-state index contributed by atoms with van der Waals surface area (Å²) in [5.41, 5.74) is 0. The van der Waals surface area contributed by atoms with Crippen LogP contribution < -0.4 is 0 Å². The van der Waals surface area contributed by atoms with Crippen LogP contribution in [0.1, 0.15) is 25.7 Å². The first-order valence-corrected chi connectivity index (χ1v) is 9.98. The lowest BCUT2D eigenvalue weighted by atomic mass is 9.93. The molecule has 2 bridgehead atoms. The molecule has 0 amide bonds. The average Bonchev–Trinajstić information content (AvgIpc) is 3.18. The number of piperazine rings is 1. The maximum Gasteiger partial charge on any atom is 0.243 e. The van der Waals surface area contributed by atoms with Crippen LogP contribution in [0.2, 0.25) is 0 Å². The molecule has 0 radical (unpaired) electrons. The molecule has 23 heavy (non-hydrogen) atoms. The predicted octanol–water partition coefficient (Wildman–Crippen LogP) is 2.32. The zero-order valence-corrected chi connectivity index (χ0v) is 14.0. The molecule has 0 spiro atoms. The first kappa shape index (κ1) is 15.5. The van der Waals surface area contributed by atoms with Gasteiger partial charge in [0.15, 0.2) is 0 Å². The van der Waals surface area contributed by atoms with E-state index in [2.05, 4.69) is 4.90 Å². The van der Waals surface area contributed by atoms with E-state index in [1.54, 1.807) is 4.31 Å². The Morgan fingerprint density at radius 3 is 2.22 bits per heavy atom. The van der Waals surface area contributed by atoms with E-state index in [-0.39, 0.29) is 4.90 Å². The predicted molar refractivity (Wildman–Crippen MR) is 86.0 cm³/mol. The number of hydrogen-bond acceptors (Lipinski definition) is 3. The highest BCUT2D eigenvalue weighted by atomic mass is 32.2. The molecule has 2 saturated carbocycles. The van der Waals surface area contributed by atoms with Crippen molar-refractivity contribution in [2.24, 2.45) is 11.8 Å². The van der Waals surface area contributed by atoms with E-state index in [0.717, 1.165) is 24.9 Å². The van der Waals surface area contributed by atoms with Crippen LogP contribution in [0.4, 0.5) is 4.39 Å². The van der Waals surface area contributed by atoms with Gasteiger partial charge in [0.1, 0.15) is 5.82 Å². The van der Waals surface area contributed by atoms with E-state index < -0.39 is 15.8 Å². The standard InChI is InChI=1S/C17H23FN2O2S/c18-15-3-5-16(6-4-15)23(21,22)20-9-7-19(8-10-20)17-12-13-1-2-14(17)11-13/h3-6,13-14,17H,1-2,7-12H2. The quantitative estimate of drug-likeness (QED) is 0.849. The van der Waals surface area contributed by atoms with Crippen molar-refractivity contribution in [3.63, 3.8) is 0 Å². The van der Waals surface area contributed by atoms with Crippen LogP contribution in [0.25, 0.3) is 0 Å². The molecule has 6 heteroatoms. The van der Waals surface area contributed by atoms with Crippen LogP contribution in [-0.2, 0) is 10.0 Å². The molecule has 0 aromatic heterocycles. The molecule has 3 unspecified atom stereocenters. The van der Waals surface area contributed by atoms with E-state index in [0.29, 0.717) is 19.1 Å². The molecule has 3 aliphatic rings. The van der Waals surface area contributed by atoms with Crippen LogP contribution >= 0.6 is 0 Å². The van der Waals surface area contributed by atoms with Crippen molar-refractivity contribution in [3.8, 4) is 0 Å². The van der Waals surface area contributed by atoms with Gasteiger partial charge in [-0.15, -0.1) is 0 Å². The number of sulfonamides is 1. The van der Waals surface area contributed by atoms with Crippen LogP contribution in [0.15, 0.2) is 29.2 Å². The van der Waals surface area contributed by atoms with Crippen LogP contribution in [-0.4, -0.2) is 49.8 Å². The zero-order valence-electron chi connectivity index (χ0n) is 13.2. The van der Waals surface area contributed by atoms with Crippen molar-refractivity contribution in [1.82, 2.24) is 9.21 Å². The summed E-state index contributed by atoms with van der Waals surface area (Å²) in [6.07, 6.45) is 5.41. The third kappa shape index (κ3) is 2.81. The van der Waals surface area contributed by atoms with Crippen molar-refractivity contribution in [3.05, 3.63) is 30.1 Å². The Labute approximate surface area is 137 Å². The summed E-state index contributed by atoms with van der Waals surface area (Å²) in [4.78, 5) is 2.69. The summed E-state index contributed by atoms with van der Waals surface area (Å²) >= 11 is 0. The lowest BCUT2D eigenvalue weighted by Gasteiger charge is -2.40. The fraction of sp³-hybridized carbons (Fsp3) is 0.647. The van der Waals surface area contributed by atoms with Gasteiger partial charge in [-0.2, -0.15) is 4.31 Å². The lowest BCUT2D eigenvalue weighted by Crippen LogP contribution is -2.53. The average molecular weight is 338 g/mol. The van der Waals surface area contributed by atoms with Crippen molar-refractivity contribution in [2.75, 3.05) is 26.2 Å². The maximum absolute atomic E-state index is 13.0. The molecular weight excluding hydrogens is 315 g/mol. The second-order valence-corrected chi connectivity index (χ2v) is 9.07. The van der Waals surface area contributed by atoms with Crippen molar-refractivity contribution < 1.29 is 12.8 Å². The molecule has 1 heterocycles. The van der Waals surface area contributed by atoms with E-state index in [9.17, 15) is 12.8 Å². The number of benzene rings is 1. The molecule has 4 rings (SSSR count). The zero-order chi connectivity index (χ0) is 16.0. The Morgan fingerprint density at radius 1 is 0.957 bits per heavy atom. The molecule has 3 fully saturated rings. The van der Waals surface area contributed by atoms with Gasteiger partial charge in [-0.05, 0) is 55.4 Å². The van der Waals surface area contributed by atoms with Gasteiger partial charge < -0.3 is 0 Å². The van der Waals surface area contributed by atoms with Gasteiger partial charge in [0.2, 0.25) is 10.0 Å². The van der Waals surface area contributed by atoms with E-state index >= 15 is 0 Å². The second-order valence-electron chi connectivity index (χ2n) is 7.14. The summed E-state index contributed by atoms with van der Waals surface area (Å²) in [5.74, 6) is 1.33. The highest BCUT2D eigenvalue weighted by Crippen LogP contribution is 2.46. The van der Waals surface area contributed by atoms with Gasteiger partial charge in [-0.3, -0.25) is 4.90 Å². The molecule has 0 N–H and O–H groups in total. The summed E-state index contributed by atoms with van der Waals surface area (Å²) in [7, 11) is -3.50. The number of nitrogens with zero attached hydrogens (tertiary/aromatic N) is 2. The van der Waals surface area contributed by atoms with Gasteiger partial charge in [0, 0.05) is 32.2 Å². The molecule has 2 aliphatic carbocycles. The maximum atomic E-state index is 13.0. The Hall–Kier alpha value is -0.980. The number of fused-ring (bicyclic) bond motifs is 2. The molecule has 1 aliphatic heterocycles. The van der Waals surface area contributed by atoms with E-state index in [1.165, 1.54) is 49.9 Å². The second kappa shape index (κ2) is 5.83. The summed E-state index contributed by atoms with van der Waals surface area (Å²) in [5, 5.41) is 0. The number of hydrogen-bond donors (Lipinski definition) is 0. The normalized spacial score (nSPS) is 32.5. The minimum absolute atomic E-state index is 0.187. The molecular formula is C17H23FN2O2S. The van der Waals surface area contributed by atoms with Gasteiger partial charge in [0.25, 0.3) is 0 Å². The largest absolute Gasteiger partial charge is 0.297 e. The van der Waals surface area contributed by atoms with E-state index in [1.807, 2.05) is 0 Å². The third-order valence-electron chi connectivity index (χ3n) is 5.89. The van der Waals surface area contributed by atoms with E-state index in [4.69, 9.17) is 0 Å². The molecule has 1 aromatic carbocycles. The monoisotopic (exact) mass is 338 g/mol. The Balaban J connectivity index is 1.42.